The first-order valence-electron chi connectivity index (χ1n) is 4.41. The van der Waals surface area contributed by atoms with E-state index in [0.29, 0.717) is 6.54 Å². The van der Waals surface area contributed by atoms with Crippen molar-refractivity contribution in [3.8, 4) is 0 Å². The van der Waals surface area contributed by atoms with E-state index in [1.165, 1.54) is 4.90 Å². The van der Waals surface area contributed by atoms with E-state index in [4.69, 9.17) is 0 Å². The third kappa shape index (κ3) is 1.04. The van der Waals surface area contributed by atoms with Crippen molar-refractivity contribution in [2.24, 2.45) is 11.3 Å². The van der Waals surface area contributed by atoms with Gasteiger partial charge >= 0.3 is 0 Å². The van der Waals surface area contributed by atoms with Gasteiger partial charge in [-0.1, -0.05) is 20.8 Å². The Kier molecular flexibility index (Phi) is 2.17. The minimum absolute atomic E-state index is 0.0648. The molecule has 70 valence electrons. The second kappa shape index (κ2) is 2.73. The number of hydrogen-bond acceptors (Lipinski definition) is 2. The third-order valence-electron chi connectivity index (χ3n) is 3.07. The van der Waals surface area contributed by atoms with Gasteiger partial charge in [0, 0.05) is 17.9 Å². The number of nitrogens with zero attached hydrogens (tertiary/aromatic N) is 1. The minimum Gasteiger partial charge on any atom is -0.373 e. The van der Waals surface area contributed by atoms with E-state index in [2.05, 4.69) is 0 Å². The molecule has 0 aliphatic carbocycles. The average molecular weight is 171 g/mol. The fourth-order valence-corrected chi connectivity index (χ4v) is 1.64. The van der Waals surface area contributed by atoms with Gasteiger partial charge in [-0.2, -0.15) is 0 Å². The highest BCUT2D eigenvalue weighted by Crippen LogP contribution is 2.39. The molecule has 1 fully saturated rings. The summed E-state index contributed by atoms with van der Waals surface area (Å²) < 4.78 is 0. The van der Waals surface area contributed by atoms with Crippen LogP contribution in [-0.2, 0) is 4.79 Å². The number of carbonyl (C=O) groups excluding carboxylic acids is 1. The molecule has 0 aromatic carbocycles. The molecule has 1 saturated heterocycles. The average Bonchev–Trinajstić information content (AvgIpc) is 2.15. The van der Waals surface area contributed by atoms with Crippen LogP contribution >= 0.6 is 0 Å². The van der Waals surface area contributed by atoms with Crippen LogP contribution in [0.5, 0.6) is 0 Å². The van der Waals surface area contributed by atoms with Gasteiger partial charge in [-0.05, 0) is 6.92 Å². The lowest BCUT2D eigenvalue weighted by Crippen LogP contribution is -2.37. The molecular weight excluding hydrogens is 154 g/mol. The van der Waals surface area contributed by atoms with Crippen LogP contribution in [-0.4, -0.2) is 28.7 Å². The van der Waals surface area contributed by atoms with Crippen molar-refractivity contribution in [2.45, 2.75) is 33.9 Å². The second-order valence-electron chi connectivity index (χ2n) is 4.04. The number of aliphatic hydroxyl groups excluding tert-OH is 1. The van der Waals surface area contributed by atoms with Crippen molar-refractivity contribution in [2.75, 3.05) is 6.54 Å². The molecule has 1 rings (SSSR count). The van der Waals surface area contributed by atoms with Crippen molar-refractivity contribution < 1.29 is 9.90 Å². The van der Waals surface area contributed by atoms with E-state index in [9.17, 15) is 9.90 Å². The van der Waals surface area contributed by atoms with Gasteiger partial charge in [-0.15, -0.1) is 0 Å². The summed E-state index contributed by atoms with van der Waals surface area (Å²) in [6.07, 6.45) is -0.620. The fourth-order valence-electron chi connectivity index (χ4n) is 1.64. The zero-order chi connectivity index (χ0) is 9.52. The first-order chi connectivity index (χ1) is 5.42. The lowest BCUT2D eigenvalue weighted by molar-refractivity contribution is -0.135. The molecule has 12 heavy (non-hydrogen) atoms. The normalized spacial score (nSPS) is 34.4. The van der Waals surface area contributed by atoms with Crippen LogP contribution in [0, 0.1) is 11.3 Å². The summed E-state index contributed by atoms with van der Waals surface area (Å²) >= 11 is 0. The second-order valence-corrected chi connectivity index (χ2v) is 4.04. The van der Waals surface area contributed by atoms with E-state index in [1.54, 1.807) is 0 Å². The van der Waals surface area contributed by atoms with Crippen LogP contribution in [0.2, 0.25) is 0 Å². The van der Waals surface area contributed by atoms with Crippen LogP contribution in [0.15, 0.2) is 0 Å². The highest BCUT2D eigenvalue weighted by atomic mass is 16.3. The SMILES string of the molecule is CCN1C(=O)C(C)C(C)(C)C1O. The maximum Gasteiger partial charge on any atom is 0.228 e. The van der Waals surface area contributed by atoms with Gasteiger partial charge in [0.1, 0.15) is 6.23 Å². The maximum absolute atomic E-state index is 11.5. The Balaban J connectivity index is 2.94. The van der Waals surface area contributed by atoms with Crippen molar-refractivity contribution in [3.05, 3.63) is 0 Å². The molecule has 1 heterocycles. The number of likely N-dealkylation sites (tertiary alicyclic amines) is 1. The molecule has 3 nitrogen and oxygen atoms in total. The molecule has 1 N–H and O–H groups in total. The lowest BCUT2D eigenvalue weighted by Gasteiger charge is -2.27. The quantitative estimate of drug-likeness (QED) is 0.634. The molecule has 1 amide bonds. The fraction of sp³-hybridized carbons (Fsp3) is 0.889. The number of aliphatic hydroxyl groups is 1. The molecule has 2 atom stereocenters. The molecule has 3 heteroatoms. The van der Waals surface area contributed by atoms with Crippen molar-refractivity contribution in [1.29, 1.82) is 0 Å². The summed E-state index contributed by atoms with van der Waals surface area (Å²) in [6.45, 7) is 8.20. The van der Waals surface area contributed by atoms with Crippen molar-refractivity contribution >= 4 is 5.91 Å². The first kappa shape index (κ1) is 9.52. The summed E-state index contributed by atoms with van der Waals surface area (Å²) in [5.41, 5.74) is -0.312. The summed E-state index contributed by atoms with van der Waals surface area (Å²) in [6, 6.07) is 0. The maximum atomic E-state index is 11.5. The predicted molar refractivity (Wildman–Crippen MR) is 46.3 cm³/mol. The molecule has 0 bridgehead atoms. The Morgan fingerprint density at radius 3 is 2.25 bits per heavy atom. The van der Waals surface area contributed by atoms with Gasteiger partial charge in [-0.3, -0.25) is 4.79 Å². The topological polar surface area (TPSA) is 40.5 Å². The van der Waals surface area contributed by atoms with Gasteiger partial charge in [0.15, 0.2) is 0 Å². The Hall–Kier alpha value is -0.570. The van der Waals surface area contributed by atoms with Crippen LogP contribution in [0.3, 0.4) is 0 Å². The van der Waals surface area contributed by atoms with E-state index >= 15 is 0 Å². The molecule has 0 saturated carbocycles. The first-order valence-corrected chi connectivity index (χ1v) is 4.41. The summed E-state index contributed by atoms with van der Waals surface area (Å²) in [4.78, 5) is 13.1. The van der Waals surface area contributed by atoms with Gasteiger partial charge in [0.25, 0.3) is 0 Å². The monoisotopic (exact) mass is 171 g/mol. The van der Waals surface area contributed by atoms with Crippen molar-refractivity contribution in [3.63, 3.8) is 0 Å². The molecular formula is C9H17NO2. The molecule has 1 aliphatic rings. The zero-order valence-electron chi connectivity index (χ0n) is 8.16. The van der Waals surface area contributed by atoms with Gasteiger partial charge in [0.2, 0.25) is 5.91 Å². The summed E-state index contributed by atoms with van der Waals surface area (Å²) in [5, 5.41) is 9.76. The van der Waals surface area contributed by atoms with E-state index < -0.39 is 6.23 Å². The van der Waals surface area contributed by atoms with Crippen LogP contribution < -0.4 is 0 Å². The number of hydrogen-bond donors (Lipinski definition) is 1. The van der Waals surface area contributed by atoms with Gasteiger partial charge in [-0.25, -0.2) is 0 Å². The van der Waals surface area contributed by atoms with E-state index in [0.717, 1.165) is 0 Å². The van der Waals surface area contributed by atoms with Crippen molar-refractivity contribution in [1.82, 2.24) is 4.90 Å². The minimum atomic E-state index is -0.620. The third-order valence-corrected chi connectivity index (χ3v) is 3.07. The Bertz CT molecular complexity index is 201. The Labute approximate surface area is 73.4 Å². The standard InChI is InChI=1S/C9H17NO2/c1-5-10-7(11)6(2)9(3,4)8(10)12/h6,8,12H,5H2,1-4H3. The molecule has 1 aliphatic heterocycles. The largest absolute Gasteiger partial charge is 0.373 e. The summed E-state index contributed by atoms with van der Waals surface area (Å²) in [7, 11) is 0. The summed E-state index contributed by atoms with van der Waals surface area (Å²) in [5.74, 6) is -0.0116. The van der Waals surface area contributed by atoms with Crippen LogP contribution in [0.1, 0.15) is 27.7 Å². The predicted octanol–water partition coefficient (Wildman–Crippen LogP) is 0.829. The Morgan fingerprint density at radius 1 is 1.58 bits per heavy atom. The zero-order valence-corrected chi connectivity index (χ0v) is 8.16. The molecule has 0 aromatic heterocycles. The molecule has 0 radical (unpaired) electrons. The number of amides is 1. The lowest BCUT2D eigenvalue weighted by atomic mass is 9.82. The number of rotatable bonds is 1. The molecule has 0 aromatic rings. The van der Waals surface area contributed by atoms with Gasteiger partial charge < -0.3 is 10.0 Å². The van der Waals surface area contributed by atoms with Crippen LogP contribution in [0.25, 0.3) is 0 Å². The highest BCUT2D eigenvalue weighted by molar-refractivity contribution is 5.82. The molecule has 2 unspecified atom stereocenters. The van der Waals surface area contributed by atoms with Gasteiger partial charge in [0.05, 0.1) is 0 Å². The molecule has 0 spiro atoms. The van der Waals surface area contributed by atoms with E-state index in [-0.39, 0.29) is 17.2 Å². The Morgan fingerprint density at radius 2 is 2.08 bits per heavy atom. The number of carbonyl (C=O) groups is 1. The smallest absolute Gasteiger partial charge is 0.228 e. The van der Waals surface area contributed by atoms with Crippen LogP contribution in [0.4, 0.5) is 0 Å². The highest BCUT2D eigenvalue weighted by Gasteiger charge is 2.49. The van der Waals surface area contributed by atoms with E-state index in [1.807, 2.05) is 27.7 Å².